The molecule has 0 amide bonds. The van der Waals surface area contributed by atoms with Gasteiger partial charge in [0.2, 0.25) is 0 Å². The predicted octanol–water partition coefficient (Wildman–Crippen LogP) is 4.96. The molecule has 4 rings (SSSR count). The van der Waals surface area contributed by atoms with Crippen molar-refractivity contribution in [2.24, 2.45) is 0 Å². The van der Waals surface area contributed by atoms with Crippen LogP contribution in [0.3, 0.4) is 0 Å². The van der Waals surface area contributed by atoms with Gasteiger partial charge in [0.1, 0.15) is 12.1 Å². The number of nitrogens with zero attached hydrogens (tertiary/aromatic N) is 3. The molecule has 1 aliphatic heterocycles. The fourth-order valence-electron chi connectivity index (χ4n) is 3.60. The standard InChI is InChI=1S/C21H22ClN5S2/c1-29-19-5-3-2-4-17(19)26-21(28)25-15-8-10-27(11-9-15)20-16-7-6-14(22)12-18(16)23-13-24-20/h2-7,12-13,15H,8-11H2,1H3,(H2,25,26,28). The van der Waals surface area contributed by atoms with E-state index in [1.54, 1.807) is 18.1 Å². The van der Waals surface area contributed by atoms with Crippen LogP contribution in [0.25, 0.3) is 10.9 Å². The number of anilines is 2. The minimum absolute atomic E-state index is 0.343. The number of benzene rings is 2. The normalized spacial score (nSPS) is 14.8. The van der Waals surface area contributed by atoms with Crippen LogP contribution in [0.4, 0.5) is 11.5 Å². The van der Waals surface area contributed by atoms with E-state index in [1.807, 2.05) is 30.3 Å². The number of halogens is 1. The zero-order valence-electron chi connectivity index (χ0n) is 16.1. The molecule has 0 unspecified atom stereocenters. The van der Waals surface area contributed by atoms with Crippen molar-refractivity contribution in [1.82, 2.24) is 15.3 Å². The number of thioether (sulfide) groups is 1. The van der Waals surface area contributed by atoms with Gasteiger partial charge in [0.25, 0.3) is 0 Å². The molecule has 0 bridgehead atoms. The smallest absolute Gasteiger partial charge is 0.171 e. The molecule has 150 valence electrons. The molecule has 1 fully saturated rings. The van der Waals surface area contributed by atoms with Gasteiger partial charge in [-0.3, -0.25) is 0 Å². The Morgan fingerprint density at radius 3 is 2.76 bits per heavy atom. The summed E-state index contributed by atoms with van der Waals surface area (Å²) in [6.07, 6.45) is 5.66. The van der Waals surface area contributed by atoms with Gasteiger partial charge in [-0.1, -0.05) is 23.7 Å². The van der Waals surface area contributed by atoms with Gasteiger partial charge in [0, 0.05) is 34.4 Å². The molecular weight excluding hydrogens is 422 g/mol. The van der Waals surface area contributed by atoms with Crippen molar-refractivity contribution in [2.45, 2.75) is 23.8 Å². The Kier molecular flexibility index (Phi) is 6.37. The van der Waals surface area contributed by atoms with Crippen LogP contribution < -0.4 is 15.5 Å². The number of rotatable bonds is 4. The number of fused-ring (bicyclic) bond motifs is 1. The van der Waals surface area contributed by atoms with E-state index < -0.39 is 0 Å². The summed E-state index contributed by atoms with van der Waals surface area (Å²) in [6, 6.07) is 14.3. The largest absolute Gasteiger partial charge is 0.360 e. The molecule has 2 aromatic carbocycles. The Hall–Kier alpha value is -2.09. The summed E-state index contributed by atoms with van der Waals surface area (Å²) in [5.74, 6) is 0.972. The lowest BCUT2D eigenvalue weighted by atomic mass is 10.0. The molecule has 3 aromatic rings. The molecule has 2 N–H and O–H groups in total. The van der Waals surface area contributed by atoms with E-state index >= 15 is 0 Å². The topological polar surface area (TPSA) is 53.1 Å². The molecule has 1 aromatic heterocycles. The van der Waals surface area contributed by atoms with Crippen LogP contribution in [0.5, 0.6) is 0 Å². The molecular formula is C21H22ClN5S2. The van der Waals surface area contributed by atoms with Gasteiger partial charge in [-0.2, -0.15) is 0 Å². The van der Waals surface area contributed by atoms with Gasteiger partial charge in [0.15, 0.2) is 5.11 Å². The predicted molar refractivity (Wildman–Crippen MR) is 127 cm³/mol. The first-order valence-corrected chi connectivity index (χ1v) is 11.5. The second kappa shape index (κ2) is 9.15. The highest BCUT2D eigenvalue weighted by Gasteiger charge is 2.22. The molecule has 0 saturated carbocycles. The fraction of sp³-hybridized carbons (Fsp3) is 0.286. The van der Waals surface area contributed by atoms with Crippen molar-refractivity contribution in [3.8, 4) is 0 Å². The summed E-state index contributed by atoms with van der Waals surface area (Å²) in [4.78, 5) is 12.4. The van der Waals surface area contributed by atoms with Gasteiger partial charge < -0.3 is 15.5 Å². The van der Waals surface area contributed by atoms with Gasteiger partial charge in [-0.05, 0) is 61.6 Å². The second-order valence-corrected chi connectivity index (χ2v) is 8.61. The van der Waals surface area contributed by atoms with E-state index in [0.717, 1.165) is 48.3 Å². The third-order valence-corrected chi connectivity index (χ3v) is 6.31. The maximum atomic E-state index is 6.10. The van der Waals surface area contributed by atoms with E-state index in [9.17, 15) is 0 Å². The van der Waals surface area contributed by atoms with Crippen LogP contribution in [-0.4, -0.2) is 40.5 Å². The highest BCUT2D eigenvalue weighted by Crippen LogP contribution is 2.28. The molecule has 0 radical (unpaired) electrons. The van der Waals surface area contributed by atoms with E-state index in [-0.39, 0.29) is 0 Å². The van der Waals surface area contributed by atoms with Crippen molar-refractivity contribution in [3.05, 3.63) is 53.8 Å². The summed E-state index contributed by atoms with van der Waals surface area (Å²) < 4.78 is 0. The van der Waals surface area contributed by atoms with Crippen LogP contribution in [0.1, 0.15) is 12.8 Å². The minimum Gasteiger partial charge on any atom is -0.360 e. The second-order valence-electron chi connectivity index (χ2n) is 6.92. The molecule has 8 heteroatoms. The molecule has 0 aliphatic carbocycles. The summed E-state index contributed by atoms with van der Waals surface area (Å²) in [5.41, 5.74) is 1.92. The Balaban J connectivity index is 1.37. The number of hydrogen-bond acceptors (Lipinski definition) is 5. The molecule has 1 saturated heterocycles. The average Bonchev–Trinajstić information content (AvgIpc) is 2.74. The Bertz CT molecular complexity index is 1020. The van der Waals surface area contributed by atoms with E-state index in [0.29, 0.717) is 16.2 Å². The lowest BCUT2D eigenvalue weighted by Crippen LogP contribution is -2.46. The Morgan fingerprint density at radius 1 is 1.17 bits per heavy atom. The lowest BCUT2D eigenvalue weighted by Gasteiger charge is -2.34. The molecule has 5 nitrogen and oxygen atoms in total. The third-order valence-electron chi connectivity index (χ3n) is 5.06. The van der Waals surface area contributed by atoms with Crippen LogP contribution in [0.2, 0.25) is 5.02 Å². The molecule has 2 heterocycles. The summed E-state index contributed by atoms with van der Waals surface area (Å²) in [7, 11) is 0. The van der Waals surface area contributed by atoms with Crippen molar-refractivity contribution >= 4 is 63.1 Å². The monoisotopic (exact) mass is 443 g/mol. The Labute approximate surface area is 185 Å². The molecule has 0 spiro atoms. The number of thiocarbonyl (C=S) groups is 1. The minimum atomic E-state index is 0.343. The molecule has 29 heavy (non-hydrogen) atoms. The molecule has 0 atom stereocenters. The first-order valence-electron chi connectivity index (χ1n) is 9.50. The van der Waals surface area contributed by atoms with Gasteiger partial charge in [0.05, 0.1) is 11.2 Å². The summed E-state index contributed by atoms with van der Waals surface area (Å²) in [5, 5.41) is 9.20. The van der Waals surface area contributed by atoms with Crippen molar-refractivity contribution < 1.29 is 0 Å². The quantitative estimate of drug-likeness (QED) is 0.436. The van der Waals surface area contributed by atoms with Crippen molar-refractivity contribution in [1.29, 1.82) is 0 Å². The van der Waals surface area contributed by atoms with Gasteiger partial charge in [-0.25, -0.2) is 9.97 Å². The van der Waals surface area contributed by atoms with E-state index in [2.05, 4.69) is 43.9 Å². The maximum Gasteiger partial charge on any atom is 0.171 e. The Morgan fingerprint density at radius 2 is 1.97 bits per heavy atom. The van der Waals surface area contributed by atoms with Crippen LogP contribution in [-0.2, 0) is 0 Å². The zero-order chi connectivity index (χ0) is 20.2. The van der Waals surface area contributed by atoms with Crippen LogP contribution >= 0.6 is 35.6 Å². The van der Waals surface area contributed by atoms with Crippen molar-refractivity contribution in [2.75, 3.05) is 29.6 Å². The first kappa shape index (κ1) is 20.2. The number of piperidine rings is 1. The maximum absolute atomic E-state index is 6.10. The summed E-state index contributed by atoms with van der Waals surface area (Å²) >= 11 is 13.4. The van der Waals surface area contributed by atoms with E-state index in [1.165, 1.54) is 4.90 Å². The van der Waals surface area contributed by atoms with Crippen molar-refractivity contribution in [3.63, 3.8) is 0 Å². The SMILES string of the molecule is CSc1ccccc1NC(=S)NC1CCN(c2ncnc3cc(Cl)ccc23)CC1. The van der Waals surface area contributed by atoms with Crippen LogP contribution in [0.15, 0.2) is 53.7 Å². The van der Waals surface area contributed by atoms with E-state index in [4.69, 9.17) is 23.8 Å². The number of nitrogens with one attached hydrogen (secondary N) is 2. The summed E-state index contributed by atoms with van der Waals surface area (Å²) in [6.45, 7) is 1.83. The van der Waals surface area contributed by atoms with Gasteiger partial charge in [-0.15, -0.1) is 11.8 Å². The number of para-hydroxylation sites is 1. The zero-order valence-corrected chi connectivity index (χ0v) is 18.4. The fourth-order valence-corrected chi connectivity index (χ4v) is 4.59. The highest BCUT2D eigenvalue weighted by atomic mass is 35.5. The van der Waals surface area contributed by atoms with Crippen LogP contribution in [0, 0.1) is 0 Å². The third kappa shape index (κ3) is 4.74. The first-order chi connectivity index (χ1) is 14.1. The lowest BCUT2D eigenvalue weighted by molar-refractivity contribution is 0.466. The highest BCUT2D eigenvalue weighted by molar-refractivity contribution is 7.98. The molecule has 1 aliphatic rings. The number of aromatic nitrogens is 2. The average molecular weight is 444 g/mol. The number of hydrogen-bond donors (Lipinski definition) is 2. The van der Waals surface area contributed by atoms with Gasteiger partial charge >= 0.3 is 0 Å².